The minimum atomic E-state index is 0.771. The summed E-state index contributed by atoms with van der Waals surface area (Å²) in [6.45, 7) is 3.98. The predicted octanol–water partition coefficient (Wildman–Crippen LogP) is 2.44. The van der Waals surface area contributed by atoms with E-state index in [-0.39, 0.29) is 0 Å². The number of nitrogens with zero attached hydrogens (tertiary/aromatic N) is 2. The second-order valence-corrected chi connectivity index (χ2v) is 3.94. The summed E-state index contributed by atoms with van der Waals surface area (Å²) >= 11 is 4.24. The molecule has 0 aliphatic carbocycles. The molecule has 0 saturated heterocycles. The van der Waals surface area contributed by atoms with Gasteiger partial charge >= 0.3 is 0 Å². The van der Waals surface area contributed by atoms with Gasteiger partial charge in [-0.3, -0.25) is 0 Å². The molecule has 0 spiro atoms. The number of hydrogen-bond acceptors (Lipinski definition) is 3. The van der Waals surface area contributed by atoms with E-state index < -0.39 is 0 Å². The maximum absolute atomic E-state index is 5.65. The zero-order chi connectivity index (χ0) is 11.0. The molecule has 1 heterocycles. The Balaban J connectivity index is 2.58. The lowest BCUT2D eigenvalue weighted by atomic mass is 10.0. The molecule has 78 valence electrons. The van der Waals surface area contributed by atoms with E-state index in [4.69, 9.17) is 5.73 Å². The first-order valence-corrected chi connectivity index (χ1v) is 5.11. The highest BCUT2D eigenvalue weighted by molar-refractivity contribution is 7.78. The summed E-state index contributed by atoms with van der Waals surface area (Å²) < 4.78 is 1.60. The van der Waals surface area contributed by atoms with Gasteiger partial charge in [0.25, 0.3) is 0 Å². The normalized spacial score (nSPS) is 10.6. The molecule has 4 heteroatoms. The third kappa shape index (κ3) is 1.72. The van der Waals surface area contributed by atoms with Gasteiger partial charge < -0.3 is 5.73 Å². The highest BCUT2D eigenvalue weighted by atomic mass is 32.1. The van der Waals surface area contributed by atoms with Crippen molar-refractivity contribution in [2.24, 2.45) is 0 Å². The molecule has 1 aromatic heterocycles. The molecular formula is C11H13N3S. The van der Waals surface area contributed by atoms with Crippen molar-refractivity contribution in [1.29, 1.82) is 0 Å². The van der Waals surface area contributed by atoms with E-state index in [0.717, 1.165) is 28.2 Å². The lowest BCUT2D eigenvalue weighted by molar-refractivity contribution is 0.955. The van der Waals surface area contributed by atoms with Crippen LogP contribution in [0.1, 0.15) is 11.4 Å². The van der Waals surface area contributed by atoms with Crippen LogP contribution in [0.25, 0.3) is 11.1 Å². The first-order chi connectivity index (χ1) is 7.09. The van der Waals surface area contributed by atoms with E-state index in [0.29, 0.717) is 0 Å². The maximum Gasteiger partial charge on any atom is 0.0685 e. The van der Waals surface area contributed by atoms with Crippen LogP contribution in [0.4, 0.5) is 5.69 Å². The fourth-order valence-corrected chi connectivity index (χ4v) is 1.93. The molecule has 0 fully saturated rings. The van der Waals surface area contributed by atoms with Crippen LogP contribution in [0.5, 0.6) is 0 Å². The second-order valence-electron chi connectivity index (χ2n) is 3.56. The van der Waals surface area contributed by atoms with E-state index in [1.807, 2.05) is 38.1 Å². The number of hydrogen-bond donors (Lipinski definition) is 2. The lowest BCUT2D eigenvalue weighted by Crippen LogP contribution is -1.87. The van der Waals surface area contributed by atoms with Gasteiger partial charge in [0, 0.05) is 11.3 Å². The molecule has 0 saturated carbocycles. The standard InChI is InChI=1S/C11H13N3S/c1-7-11(8(2)14(15)13-7)9-3-5-10(12)6-4-9/h3-6,15H,12H2,1-2H3. The average Bonchev–Trinajstić information content (AvgIpc) is 2.44. The molecule has 3 nitrogen and oxygen atoms in total. The predicted molar refractivity (Wildman–Crippen MR) is 65.9 cm³/mol. The quantitative estimate of drug-likeness (QED) is 0.571. The Morgan fingerprint density at radius 1 is 1.20 bits per heavy atom. The summed E-state index contributed by atoms with van der Waals surface area (Å²) in [5, 5.41) is 4.26. The summed E-state index contributed by atoms with van der Waals surface area (Å²) in [7, 11) is 0. The van der Waals surface area contributed by atoms with Crippen LogP contribution in [-0.4, -0.2) is 9.19 Å². The summed E-state index contributed by atoms with van der Waals surface area (Å²) in [6, 6.07) is 7.79. The number of rotatable bonds is 1. The van der Waals surface area contributed by atoms with E-state index in [2.05, 4.69) is 17.9 Å². The van der Waals surface area contributed by atoms with E-state index in [9.17, 15) is 0 Å². The number of nitrogens with two attached hydrogens (primary N) is 1. The number of aryl methyl sites for hydroxylation is 1. The molecule has 0 bridgehead atoms. The van der Waals surface area contributed by atoms with Crippen molar-refractivity contribution < 1.29 is 0 Å². The third-order valence-corrected chi connectivity index (χ3v) is 2.86. The first kappa shape index (κ1) is 10.1. The van der Waals surface area contributed by atoms with Crippen molar-refractivity contribution >= 4 is 18.5 Å². The van der Waals surface area contributed by atoms with Crippen LogP contribution in [0.3, 0.4) is 0 Å². The van der Waals surface area contributed by atoms with Gasteiger partial charge in [0.1, 0.15) is 0 Å². The van der Waals surface area contributed by atoms with Gasteiger partial charge in [0.05, 0.1) is 11.4 Å². The van der Waals surface area contributed by atoms with Gasteiger partial charge in [0.15, 0.2) is 0 Å². The molecule has 2 aromatic rings. The fourth-order valence-electron chi connectivity index (χ4n) is 1.70. The molecule has 15 heavy (non-hydrogen) atoms. The zero-order valence-corrected chi connectivity index (χ0v) is 9.62. The van der Waals surface area contributed by atoms with Crippen molar-refractivity contribution in [3.05, 3.63) is 35.7 Å². The lowest BCUT2D eigenvalue weighted by Gasteiger charge is -2.02. The first-order valence-electron chi connectivity index (χ1n) is 4.71. The summed E-state index contributed by atoms with van der Waals surface area (Å²) in [4.78, 5) is 0. The molecule has 0 aliphatic rings. The topological polar surface area (TPSA) is 43.8 Å². The minimum absolute atomic E-state index is 0.771. The Kier molecular flexibility index (Phi) is 2.44. The maximum atomic E-state index is 5.65. The number of benzene rings is 1. The van der Waals surface area contributed by atoms with Gasteiger partial charge in [-0.15, -0.1) is 0 Å². The number of anilines is 1. The number of thiol groups is 1. The Morgan fingerprint density at radius 3 is 2.27 bits per heavy atom. The largest absolute Gasteiger partial charge is 0.399 e. The SMILES string of the molecule is Cc1nn(S)c(C)c1-c1ccc(N)cc1. The summed E-state index contributed by atoms with van der Waals surface area (Å²) in [5.41, 5.74) is 10.7. The zero-order valence-electron chi connectivity index (χ0n) is 8.73. The average molecular weight is 219 g/mol. The molecular weight excluding hydrogens is 206 g/mol. The highest BCUT2D eigenvalue weighted by Crippen LogP contribution is 2.27. The third-order valence-electron chi connectivity index (χ3n) is 2.47. The van der Waals surface area contributed by atoms with Crippen LogP contribution in [0.15, 0.2) is 24.3 Å². The molecule has 2 rings (SSSR count). The van der Waals surface area contributed by atoms with Crippen LogP contribution in [-0.2, 0) is 0 Å². The van der Waals surface area contributed by atoms with Gasteiger partial charge in [0.2, 0.25) is 0 Å². The summed E-state index contributed by atoms with van der Waals surface area (Å²) in [6.07, 6.45) is 0. The van der Waals surface area contributed by atoms with Crippen molar-refractivity contribution in [3.63, 3.8) is 0 Å². The van der Waals surface area contributed by atoms with Crippen LogP contribution >= 0.6 is 12.8 Å². The van der Waals surface area contributed by atoms with E-state index in [1.54, 1.807) is 4.09 Å². The van der Waals surface area contributed by atoms with Crippen molar-refractivity contribution in [2.45, 2.75) is 13.8 Å². The Hall–Kier alpha value is -1.42. The Labute approximate surface area is 94.5 Å². The molecule has 0 aliphatic heterocycles. The van der Waals surface area contributed by atoms with Crippen molar-refractivity contribution in [3.8, 4) is 11.1 Å². The Bertz CT molecular complexity index is 485. The number of aromatic nitrogens is 2. The van der Waals surface area contributed by atoms with Gasteiger partial charge in [-0.25, -0.2) is 4.09 Å². The molecule has 0 radical (unpaired) electrons. The van der Waals surface area contributed by atoms with E-state index in [1.165, 1.54) is 0 Å². The molecule has 0 unspecified atom stereocenters. The van der Waals surface area contributed by atoms with Crippen LogP contribution in [0.2, 0.25) is 0 Å². The molecule has 0 atom stereocenters. The van der Waals surface area contributed by atoms with Crippen molar-refractivity contribution in [1.82, 2.24) is 9.19 Å². The second kappa shape index (κ2) is 3.62. The molecule has 2 N–H and O–H groups in total. The molecule has 0 amide bonds. The van der Waals surface area contributed by atoms with Crippen LogP contribution in [0, 0.1) is 13.8 Å². The highest BCUT2D eigenvalue weighted by Gasteiger charge is 2.11. The van der Waals surface area contributed by atoms with Gasteiger partial charge in [-0.2, -0.15) is 5.10 Å². The van der Waals surface area contributed by atoms with Gasteiger partial charge in [-0.1, -0.05) is 12.1 Å². The van der Waals surface area contributed by atoms with Crippen LogP contribution < -0.4 is 5.73 Å². The summed E-state index contributed by atoms with van der Waals surface area (Å²) in [5.74, 6) is 0. The van der Waals surface area contributed by atoms with E-state index >= 15 is 0 Å². The number of nitrogen functional groups attached to an aromatic ring is 1. The monoisotopic (exact) mass is 219 g/mol. The Morgan fingerprint density at radius 2 is 1.80 bits per heavy atom. The fraction of sp³-hybridized carbons (Fsp3) is 0.182. The molecule has 1 aromatic carbocycles. The smallest absolute Gasteiger partial charge is 0.0685 e. The van der Waals surface area contributed by atoms with Gasteiger partial charge in [-0.05, 0) is 44.4 Å². The van der Waals surface area contributed by atoms with Crippen molar-refractivity contribution in [2.75, 3.05) is 5.73 Å². The minimum Gasteiger partial charge on any atom is -0.399 e.